The van der Waals surface area contributed by atoms with E-state index in [1.54, 1.807) is 4.68 Å². The molecule has 3 aromatic rings. The molecule has 25 heavy (non-hydrogen) atoms. The number of aromatic nitrogens is 4. The molecule has 0 saturated heterocycles. The highest BCUT2D eigenvalue weighted by Crippen LogP contribution is 2.21. The zero-order chi connectivity index (χ0) is 17.8. The number of thioether (sulfide) groups is 1. The number of amides is 1. The van der Waals surface area contributed by atoms with E-state index in [0.717, 1.165) is 22.5 Å². The highest BCUT2D eigenvalue weighted by Gasteiger charge is 2.13. The monoisotopic (exact) mass is 353 g/mol. The average molecular weight is 353 g/mol. The third-order valence-corrected chi connectivity index (χ3v) is 4.57. The van der Waals surface area contributed by atoms with Gasteiger partial charge in [-0.05, 0) is 60.5 Å². The van der Waals surface area contributed by atoms with Crippen molar-refractivity contribution in [3.63, 3.8) is 0 Å². The second-order valence-corrected chi connectivity index (χ2v) is 6.81. The van der Waals surface area contributed by atoms with Crippen LogP contribution in [0.1, 0.15) is 16.7 Å². The molecule has 3 rings (SSSR count). The third kappa shape index (κ3) is 4.24. The SMILES string of the molecule is Cc1cccc(NC(=O)CSc2nnnn2-c2ccc(C)cc2C)c1. The number of hydrogen-bond acceptors (Lipinski definition) is 5. The summed E-state index contributed by atoms with van der Waals surface area (Å²) in [6.07, 6.45) is 0. The van der Waals surface area contributed by atoms with Crippen molar-refractivity contribution in [3.05, 3.63) is 59.2 Å². The molecular formula is C18H19N5OS. The number of anilines is 1. The fourth-order valence-corrected chi connectivity index (χ4v) is 3.20. The molecule has 0 aliphatic heterocycles. The van der Waals surface area contributed by atoms with Crippen molar-refractivity contribution in [2.75, 3.05) is 11.1 Å². The standard InChI is InChI=1S/C18H19N5OS/c1-12-5-4-6-15(10-12)19-17(24)11-25-18-20-21-22-23(18)16-8-7-13(2)9-14(16)3/h4-10H,11H2,1-3H3,(H,19,24). The van der Waals surface area contributed by atoms with E-state index in [0.29, 0.717) is 5.16 Å². The van der Waals surface area contributed by atoms with Crippen LogP contribution in [0.4, 0.5) is 5.69 Å². The number of nitrogens with zero attached hydrogens (tertiary/aromatic N) is 4. The van der Waals surface area contributed by atoms with Gasteiger partial charge in [-0.1, -0.05) is 41.6 Å². The Kier molecular flexibility index (Phi) is 5.14. The molecular weight excluding hydrogens is 334 g/mol. The maximum Gasteiger partial charge on any atom is 0.234 e. The minimum absolute atomic E-state index is 0.0919. The summed E-state index contributed by atoms with van der Waals surface area (Å²) in [5.41, 5.74) is 5.07. The molecule has 2 aromatic carbocycles. The fraction of sp³-hybridized carbons (Fsp3) is 0.222. The lowest BCUT2D eigenvalue weighted by molar-refractivity contribution is -0.113. The molecule has 0 radical (unpaired) electrons. The zero-order valence-electron chi connectivity index (χ0n) is 14.4. The van der Waals surface area contributed by atoms with E-state index in [-0.39, 0.29) is 11.7 Å². The van der Waals surface area contributed by atoms with Crippen molar-refractivity contribution in [2.24, 2.45) is 0 Å². The quantitative estimate of drug-likeness (QED) is 0.713. The summed E-state index contributed by atoms with van der Waals surface area (Å²) in [6, 6.07) is 13.8. The summed E-state index contributed by atoms with van der Waals surface area (Å²) < 4.78 is 1.67. The second-order valence-electron chi connectivity index (χ2n) is 5.87. The summed E-state index contributed by atoms with van der Waals surface area (Å²) in [6.45, 7) is 6.05. The van der Waals surface area contributed by atoms with Crippen molar-refractivity contribution in [1.82, 2.24) is 20.2 Å². The van der Waals surface area contributed by atoms with Crippen LogP contribution in [0.2, 0.25) is 0 Å². The minimum Gasteiger partial charge on any atom is -0.325 e. The van der Waals surface area contributed by atoms with Gasteiger partial charge in [-0.3, -0.25) is 4.79 Å². The largest absolute Gasteiger partial charge is 0.325 e. The Balaban J connectivity index is 1.68. The lowest BCUT2D eigenvalue weighted by Gasteiger charge is -2.08. The van der Waals surface area contributed by atoms with Crippen LogP contribution in [0.25, 0.3) is 5.69 Å². The number of benzene rings is 2. The third-order valence-electron chi connectivity index (χ3n) is 3.66. The van der Waals surface area contributed by atoms with Crippen LogP contribution >= 0.6 is 11.8 Å². The predicted octanol–water partition coefficient (Wildman–Crippen LogP) is 3.32. The van der Waals surface area contributed by atoms with Crippen LogP contribution in [0, 0.1) is 20.8 Å². The van der Waals surface area contributed by atoms with Gasteiger partial charge >= 0.3 is 0 Å². The van der Waals surface area contributed by atoms with E-state index in [4.69, 9.17) is 0 Å². The normalized spacial score (nSPS) is 10.7. The van der Waals surface area contributed by atoms with Crippen molar-refractivity contribution < 1.29 is 4.79 Å². The van der Waals surface area contributed by atoms with Gasteiger partial charge in [0.2, 0.25) is 11.1 Å². The highest BCUT2D eigenvalue weighted by molar-refractivity contribution is 7.99. The summed E-state index contributed by atoms with van der Waals surface area (Å²) in [4.78, 5) is 12.2. The number of carbonyl (C=O) groups excluding carboxylic acids is 1. The Morgan fingerprint density at radius 2 is 1.92 bits per heavy atom. The number of rotatable bonds is 5. The lowest BCUT2D eigenvalue weighted by atomic mass is 10.1. The zero-order valence-corrected chi connectivity index (χ0v) is 15.2. The molecule has 0 unspecified atom stereocenters. The molecule has 0 saturated carbocycles. The van der Waals surface area contributed by atoms with Crippen LogP contribution in [-0.4, -0.2) is 31.9 Å². The number of nitrogens with one attached hydrogen (secondary N) is 1. The summed E-state index contributed by atoms with van der Waals surface area (Å²) >= 11 is 1.31. The number of carbonyl (C=O) groups is 1. The van der Waals surface area contributed by atoms with Crippen LogP contribution < -0.4 is 5.32 Å². The molecule has 0 atom stereocenters. The van der Waals surface area contributed by atoms with Gasteiger partial charge in [0, 0.05) is 5.69 Å². The van der Waals surface area contributed by atoms with E-state index < -0.39 is 0 Å². The first-order valence-corrected chi connectivity index (χ1v) is 8.87. The molecule has 0 aliphatic rings. The van der Waals surface area contributed by atoms with Crippen molar-refractivity contribution >= 4 is 23.4 Å². The molecule has 1 aromatic heterocycles. The number of aryl methyl sites for hydroxylation is 3. The molecule has 0 bridgehead atoms. The van der Waals surface area contributed by atoms with Crippen LogP contribution in [0.5, 0.6) is 0 Å². The van der Waals surface area contributed by atoms with Gasteiger partial charge in [-0.2, -0.15) is 4.68 Å². The van der Waals surface area contributed by atoms with E-state index in [9.17, 15) is 4.79 Å². The molecule has 1 N–H and O–H groups in total. The van der Waals surface area contributed by atoms with E-state index in [1.807, 2.05) is 57.2 Å². The Morgan fingerprint density at radius 1 is 1.12 bits per heavy atom. The van der Waals surface area contributed by atoms with Gasteiger partial charge in [-0.15, -0.1) is 5.10 Å². The Hall–Kier alpha value is -2.67. The maximum atomic E-state index is 12.2. The Labute approximate surface area is 150 Å². The molecule has 0 fully saturated rings. The Morgan fingerprint density at radius 3 is 2.68 bits per heavy atom. The molecule has 6 nitrogen and oxygen atoms in total. The first-order chi connectivity index (χ1) is 12.0. The molecule has 1 amide bonds. The van der Waals surface area contributed by atoms with Crippen molar-refractivity contribution in [2.45, 2.75) is 25.9 Å². The average Bonchev–Trinajstić information content (AvgIpc) is 3.01. The van der Waals surface area contributed by atoms with Gasteiger partial charge in [0.25, 0.3) is 0 Å². The van der Waals surface area contributed by atoms with Gasteiger partial charge in [-0.25, -0.2) is 0 Å². The molecule has 1 heterocycles. The fourth-order valence-electron chi connectivity index (χ4n) is 2.51. The molecule has 0 aliphatic carbocycles. The molecule has 128 valence electrons. The first kappa shape index (κ1) is 17.2. The maximum absolute atomic E-state index is 12.2. The number of hydrogen-bond donors (Lipinski definition) is 1. The summed E-state index contributed by atoms with van der Waals surface area (Å²) in [7, 11) is 0. The van der Waals surface area contributed by atoms with E-state index >= 15 is 0 Å². The van der Waals surface area contributed by atoms with Gasteiger partial charge in [0.15, 0.2) is 0 Å². The first-order valence-electron chi connectivity index (χ1n) is 7.88. The van der Waals surface area contributed by atoms with Gasteiger partial charge in [0.1, 0.15) is 0 Å². The van der Waals surface area contributed by atoms with E-state index in [2.05, 4.69) is 26.9 Å². The summed E-state index contributed by atoms with van der Waals surface area (Å²) in [5.74, 6) is 0.143. The van der Waals surface area contributed by atoms with Crippen LogP contribution in [0.3, 0.4) is 0 Å². The molecule has 7 heteroatoms. The van der Waals surface area contributed by atoms with Crippen LogP contribution in [0.15, 0.2) is 47.6 Å². The van der Waals surface area contributed by atoms with E-state index in [1.165, 1.54) is 17.3 Å². The lowest BCUT2D eigenvalue weighted by Crippen LogP contribution is -2.14. The smallest absolute Gasteiger partial charge is 0.234 e. The number of tetrazole rings is 1. The van der Waals surface area contributed by atoms with Crippen molar-refractivity contribution in [1.29, 1.82) is 0 Å². The minimum atomic E-state index is -0.0919. The highest BCUT2D eigenvalue weighted by atomic mass is 32.2. The topological polar surface area (TPSA) is 72.7 Å². The van der Waals surface area contributed by atoms with Gasteiger partial charge in [0.05, 0.1) is 11.4 Å². The molecule has 0 spiro atoms. The van der Waals surface area contributed by atoms with Crippen LogP contribution in [-0.2, 0) is 4.79 Å². The Bertz CT molecular complexity index is 906. The summed E-state index contributed by atoms with van der Waals surface area (Å²) in [5, 5.41) is 15.3. The van der Waals surface area contributed by atoms with Gasteiger partial charge < -0.3 is 5.32 Å². The predicted molar refractivity (Wildman–Crippen MR) is 99.2 cm³/mol. The second kappa shape index (κ2) is 7.48. The van der Waals surface area contributed by atoms with Crippen molar-refractivity contribution in [3.8, 4) is 5.69 Å².